The van der Waals surface area contributed by atoms with Crippen LogP contribution in [0.15, 0.2) is 42.5 Å². The molecule has 26 heavy (non-hydrogen) atoms. The first-order chi connectivity index (χ1) is 12.4. The van der Waals surface area contributed by atoms with E-state index >= 15 is 0 Å². The van der Waals surface area contributed by atoms with Crippen LogP contribution in [0.5, 0.6) is 0 Å². The number of ether oxygens (including phenoxy) is 1. The molecule has 136 valence electrons. The number of para-hydroxylation sites is 1. The Balaban J connectivity index is 1.91. The average Bonchev–Trinajstić information content (AvgIpc) is 2.61. The SMILES string of the molecule is CCc1cccc(C)c1NC(=O)COC(=O)/C=C/c1ccc(Cl)cc1Cl. The normalized spacial score (nSPS) is 10.8. The maximum atomic E-state index is 12.1. The van der Waals surface area contributed by atoms with Gasteiger partial charge >= 0.3 is 5.97 Å². The summed E-state index contributed by atoms with van der Waals surface area (Å²) < 4.78 is 4.97. The summed E-state index contributed by atoms with van der Waals surface area (Å²) in [7, 11) is 0. The Morgan fingerprint density at radius 1 is 1.19 bits per heavy atom. The van der Waals surface area contributed by atoms with Crippen LogP contribution in [-0.4, -0.2) is 18.5 Å². The van der Waals surface area contributed by atoms with Crippen molar-refractivity contribution in [3.63, 3.8) is 0 Å². The number of carbonyl (C=O) groups is 2. The molecule has 0 heterocycles. The Morgan fingerprint density at radius 3 is 2.65 bits per heavy atom. The summed E-state index contributed by atoms with van der Waals surface area (Å²) in [5, 5.41) is 3.73. The zero-order chi connectivity index (χ0) is 19.1. The van der Waals surface area contributed by atoms with Gasteiger partial charge in [0, 0.05) is 21.8 Å². The van der Waals surface area contributed by atoms with Gasteiger partial charge in [-0.15, -0.1) is 0 Å². The Bertz CT molecular complexity index is 847. The maximum Gasteiger partial charge on any atom is 0.331 e. The van der Waals surface area contributed by atoms with E-state index < -0.39 is 5.97 Å². The number of aryl methyl sites for hydroxylation is 2. The fraction of sp³-hybridized carbons (Fsp3) is 0.200. The van der Waals surface area contributed by atoms with Crippen LogP contribution in [0.1, 0.15) is 23.6 Å². The van der Waals surface area contributed by atoms with Crippen molar-refractivity contribution in [2.24, 2.45) is 0 Å². The number of benzene rings is 2. The van der Waals surface area contributed by atoms with Crippen LogP contribution in [0.4, 0.5) is 5.69 Å². The van der Waals surface area contributed by atoms with Crippen LogP contribution in [-0.2, 0) is 20.7 Å². The number of hydrogen-bond acceptors (Lipinski definition) is 3. The second-order valence-electron chi connectivity index (χ2n) is 5.62. The van der Waals surface area contributed by atoms with E-state index in [9.17, 15) is 9.59 Å². The summed E-state index contributed by atoms with van der Waals surface area (Å²) >= 11 is 11.8. The van der Waals surface area contributed by atoms with Gasteiger partial charge in [0.25, 0.3) is 5.91 Å². The lowest BCUT2D eigenvalue weighted by Gasteiger charge is -2.12. The third-order valence-electron chi connectivity index (χ3n) is 3.71. The minimum absolute atomic E-state index is 0.366. The molecule has 4 nitrogen and oxygen atoms in total. The minimum Gasteiger partial charge on any atom is -0.452 e. The van der Waals surface area contributed by atoms with E-state index in [2.05, 4.69) is 5.32 Å². The Hall–Kier alpha value is -2.30. The monoisotopic (exact) mass is 391 g/mol. The molecule has 2 aromatic carbocycles. The molecule has 0 bridgehead atoms. The van der Waals surface area contributed by atoms with Crippen LogP contribution < -0.4 is 5.32 Å². The largest absolute Gasteiger partial charge is 0.452 e. The summed E-state index contributed by atoms with van der Waals surface area (Å²) in [6.07, 6.45) is 3.52. The van der Waals surface area contributed by atoms with Crippen molar-refractivity contribution >= 4 is 46.8 Å². The Kier molecular flexibility index (Phi) is 7.25. The number of nitrogens with one attached hydrogen (secondary N) is 1. The number of amides is 1. The van der Waals surface area contributed by atoms with E-state index in [1.807, 2.05) is 32.0 Å². The molecule has 1 N–H and O–H groups in total. The summed E-state index contributed by atoms with van der Waals surface area (Å²) in [6, 6.07) is 10.7. The highest BCUT2D eigenvalue weighted by Crippen LogP contribution is 2.22. The van der Waals surface area contributed by atoms with E-state index in [0.717, 1.165) is 23.2 Å². The molecular formula is C20H19Cl2NO3. The standard InChI is InChI=1S/C20H19Cl2NO3/c1-3-14-6-4-5-13(2)20(14)23-18(24)12-26-19(25)10-8-15-7-9-16(21)11-17(15)22/h4-11H,3,12H2,1-2H3,(H,23,24)/b10-8+. The molecule has 0 aliphatic heterocycles. The third kappa shape index (κ3) is 5.61. The summed E-state index contributed by atoms with van der Waals surface area (Å²) in [4.78, 5) is 23.8. The number of rotatable bonds is 6. The smallest absolute Gasteiger partial charge is 0.331 e. The quantitative estimate of drug-likeness (QED) is 0.552. The first kappa shape index (κ1) is 20.0. The van der Waals surface area contributed by atoms with Crippen LogP contribution in [0.3, 0.4) is 0 Å². The van der Waals surface area contributed by atoms with Crippen LogP contribution in [0, 0.1) is 6.92 Å². The maximum absolute atomic E-state index is 12.1. The summed E-state index contributed by atoms with van der Waals surface area (Å²) in [5.41, 5.74) is 3.38. The molecule has 2 rings (SSSR count). The van der Waals surface area contributed by atoms with Crippen molar-refractivity contribution in [3.05, 3.63) is 69.2 Å². The van der Waals surface area contributed by atoms with Crippen molar-refractivity contribution in [1.82, 2.24) is 0 Å². The number of halogens is 2. The van der Waals surface area contributed by atoms with E-state index in [-0.39, 0.29) is 12.5 Å². The molecule has 0 unspecified atom stereocenters. The van der Waals surface area contributed by atoms with Gasteiger partial charge in [-0.05, 0) is 48.2 Å². The number of esters is 1. The van der Waals surface area contributed by atoms with Crippen molar-refractivity contribution in [3.8, 4) is 0 Å². The molecule has 0 saturated carbocycles. The van der Waals surface area contributed by atoms with Gasteiger partial charge in [-0.1, -0.05) is 54.4 Å². The van der Waals surface area contributed by atoms with E-state index in [4.69, 9.17) is 27.9 Å². The van der Waals surface area contributed by atoms with Crippen molar-refractivity contribution in [2.45, 2.75) is 20.3 Å². The lowest BCUT2D eigenvalue weighted by molar-refractivity contribution is -0.142. The lowest BCUT2D eigenvalue weighted by Crippen LogP contribution is -2.21. The van der Waals surface area contributed by atoms with Gasteiger partial charge in [-0.3, -0.25) is 4.79 Å². The van der Waals surface area contributed by atoms with Gasteiger partial charge < -0.3 is 10.1 Å². The van der Waals surface area contributed by atoms with Crippen LogP contribution in [0.2, 0.25) is 10.0 Å². The summed E-state index contributed by atoms with van der Waals surface area (Å²) in [5.74, 6) is -1.02. The molecule has 0 saturated heterocycles. The first-order valence-electron chi connectivity index (χ1n) is 8.09. The summed E-state index contributed by atoms with van der Waals surface area (Å²) in [6.45, 7) is 3.56. The third-order valence-corrected chi connectivity index (χ3v) is 4.27. The van der Waals surface area contributed by atoms with Gasteiger partial charge in [0.2, 0.25) is 0 Å². The number of hydrogen-bond donors (Lipinski definition) is 1. The second kappa shape index (κ2) is 9.41. The fourth-order valence-corrected chi connectivity index (χ4v) is 2.83. The zero-order valence-corrected chi connectivity index (χ0v) is 16.0. The number of anilines is 1. The Morgan fingerprint density at radius 2 is 1.96 bits per heavy atom. The van der Waals surface area contributed by atoms with Gasteiger partial charge in [0.15, 0.2) is 6.61 Å². The Labute approximate surface area is 162 Å². The molecule has 6 heteroatoms. The fourth-order valence-electron chi connectivity index (χ4n) is 2.36. The van der Waals surface area contributed by atoms with Crippen molar-refractivity contribution in [2.75, 3.05) is 11.9 Å². The highest BCUT2D eigenvalue weighted by Gasteiger charge is 2.10. The molecule has 0 fully saturated rings. The molecule has 0 aliphatic carbocycles. The zero-order valence-electron chi connectivity index (χ0n) is 14.5. The predicted octanol–water partition coefficient (Wildman–Crippen LogP) is 5.06. The van der Waals surface area contributed by atoms with Gasteiger partial charge in [0.1, 0.15) is 0 Å². The van der Waals surface area contributed by atoms with Crippen molar-refractivity contribution in [1.29, 1.82) is 0 Å². The van der Waals surface area contributed by atoms with Crippen LogP contribution in [0.25, 0.3) is 6.08 Å². The predicted molar refractivity (Wildman–Crippen MR) is 106 cm³/mol. The van der Waals surface area contributed by atoms with Gasteiger partial charge in [-0.25, -0.2) is 4.79 Å². The average molecular weight is 392 g/mol. The molecule has 0 atom stereocenters. The van der Waals surface area contributed by atoms with E-state index in [1.54, 1.807) is 18.2 Å². The molecule has 0 aliphatic rings. The van der Waals surface area contributed by atoms with Crippen molar-refractivity contribution < 1.29 is 14.3 Å². The highest BCUT2D eigenvalue weighted by molar-refractivity contribution is 6.35. The minimum atomic E-state index is -0.633. The molecule has 1 amide bonds. The van der Waals surface area contributed by atoms with E-state index in [0.29, 0.717) is 15.6 Å². The first-order valence-corrected chi connectivity index (χ1v) is 8.84. The number of carbonyl (C=O) groups excluding carboxylic acids is 2. The second-order valence-corrected chi connectivity index (χ2v) is 6.46. The lowest BCUT2D eigenvalue weighted by atomic mass is 10.1. The highest BCUT2D eigenvalue weighted by atomic mass is 35.5. The molecule has 0 spiro atoms. The molecule has 0 radical (unpaired) electrons. The van der Waals surface area contributed by atoms with Gasteiger partial charge in [0.05, 0.1) is 0 Å². The molecule has 0 aromatic heterocycles. The topological polar surface area (TPSA) is 55.4 Å². The van der Waals surface area contributed by atoms with Crippen LogP contribution >= 0.6 is 23.2 Å². The molecule has 2 aromatic rings. The molecular weight excluding hydrogens is 373 g/mol. The van der Waals surface area contributed by atoms with E-state index in [1.165, 1.54) is 12.2 Å². The van der Waals surface area contributed by atoms with Gasteiger partial charge in [-0.2, -0.15) is 0 Å².